The predicted molar refractivity (Wildman–Crippen MR) is 111 cm³/mol. The summed E-state index contributed by atoms with van der Waals surface area (Å²) in [7, 11) is 1.66. The summed E-state index contributed by atoms with van der Waals surface area (Å²) in [6.07, 6.45) is 6.88. The largest absolute Gasteiger partial charge is 0.497 e. The third-order valence-electron chi connectivity index (χ3n) is 5.08. The predicted octanol–water partition coefficient (Wildman–Crippen LogP) is 3.68. The minimum absolute atomic E-state index is 0.0311. The molecule has 2 heterocycles. The second kappa shape index (κ2) is 8.52. The van der Waals surface area contributed by atoms with E-state index in [2.05, 4.69) is 16.4 Å². The molecule has 0 bridgehead atoms. The lowest BCUT2D eigenvalue weighted by molar-refractivity contribution is -0.125. The van der Waals surface area contributed by atoms with Crippen molar-refractivity contribution in [2.24, 2.45) is 5.92 Å². The molecule has 4 rings (SSSR count). The van der Waals surface area contributed by atoms with Crippen LogP contribution in [0.1, 0.15) is 22.6 Å². The van der Waals surface area contributed by atoms with Gasteiger partial charge >= 0.3 is 0 Å². The molecule has 0 spiro atoms. The maximum Gasteiger partial charge on any atom is 0.223 e. The lowest BCUT2D eigenvalue weighted by Gasteiger charge is -2.20. The van der Waals surface area contributed by atoms with Crippen LogP contribution in [0.4, 0.5) is 0 Å². The number of pyridine rings is 1. The van der Waals surface area contributed by atoms with E-state index in [0.717, 1.165) is 53.3 Å². The van der Waals surface area contributed by atoms with Crippen LogP contribution in [0.2, 0.25) is 0 Å². The van der Waals surface area contributed by atoms with Gasteiger partial charge in [-0.25, -0.2) is 4.98 Å². The standard InChI is InChI=1S/C22H23N3O2S/c1-27-18-4-2-3-15(13-18)7-12-24-21(26)17-5-6-19-20(14-17)28-22(25-19)16-8-10-23-11-9-16/h2-4,8-11,13,17H,5-7,12,14H2,1H3,(H,24,26). The number of benzene rings is 1. The van der Waals surface area contributed by atoms with Crippen molar-refractivity contribution in [1.29, 1.82) is 0 Å². The van der Waals surface area contributed by atoms with Gasteiger partial charge in [0, 0.05) is 35.3 Å². The average molecular weight is 394 g/mol. The van der Waals surface area contributed by atoms with Crippen molar-refractivity contribution in [2.75, 3.05) is 13.7 Å². The number of nitrogens with one attached hydrogen (secondary N) is 1. The Morgan fingerprint density at radius 1 is 1.29 bits per heavy atom. The fourth-order valence-corrected chi connectivity index (χ4v) is 4.71. The van der Waals surface area contributed by atoms with E-state index >= 15 is 0 Å². The number of hydrogen-bond donors (Lipinski definition) is 1. The smallest absolute Gasteiger partial charge is 0.223 e. The number of amides is 1. The Labute approximate surface area is 168 Å². The van der Waals surface area contributed by atoms with Crippen molar-refractivity contribution in [3.05, 3.63) is 64.9 Å². The quantitative estimate of drug-likeness (QED) is 0.694. The molecule has 1 amide bonds. The van der Waals surface area contributed by atoms with Crippen LogP contribution in [0.15, 0.2) is 48.8 Å². The van der Waals surface area contributed by atoms with Gasteiger partial charge in [-0.15, -0.1) is 11.3 Å². The van der Waals surface area contributed by atoms with Gasteiger partial charge in [-0.05, 0) is 55.5 Å². The highest BCUT2D eigenvalue weighted by atomic mass is 32.1. The topological polar surface area (TPSA) is 64.1 Å². The number of nitrogens with zero attached hydrogens (tertiary/aromatic N) is 2. The number of carbonyl (C=O) groups is 1. The molecule has 0 fully saturated rings. The van der Waals surface area contributed by atoms with Crippen molar-refractivity contribution in [1.82, 2.24) is 15.3 Å². The number of hydrogen-bond acceptors (Lipinski definition) is 5. The van der Waals surface area contributed by atoms with E-state index < -0.39 is 0 Å². The Bertz CT molecular complexity index is 955. The minimum Gasteiger partial charge on any atom is -0.497 e. The van der Waals surface area contributed by atoms with Gasteiger partial charge < -0.3 is 10.1 Å². The van der Waals surface area contributed by atoms with E-state index in [4.69, 9.17) is 9.72 Å². The molecule has 5 nitrogen and oxygen atoms in total. The first-order valence-electron chi connectivity index (χ1n) is 9.52. The molecular formula is C22H23N3O2S. The maximum absolute atomic E-state index is 12.6. The molecule has 1 atom stereocenters. The van der Waals surface area contributed by atoms with Gasteiger partial charge in [0.1, 0.15) is 10.8 Å². The molecule has 2 aromatic heterocycles. The molecule has 1 unspecified atom stereocenters. The van der Waals surface area contributed by atoms with E-state index in [9.17, 15) is 4.79 Å². The Morgan fingerprint density at radius 3 is 2.96 bits per heavy atom. The highest BCUT2D eigenvalue weighted by Gasteiger charge is 2.27. The highest BCUT2D eigenvalue weighted by molar-refractivity contribution is 7.15. The molecule has 3 aromatic rings. The van der Waals surface area contributed by atoms with Gasteiger partial charge in [-0.3, -0.25) is 9.78 Å². The Hall–Kier alpha value is -2.73. The first kappa shape index (κ1) is 18.6. The van der Waals surface area contributed by atoms with Gasteiger partial charge in [0.2, 0.25) is 5.91 Å². The van der Waals surface area contributed by atoms with Crippen LogP contribution < -0.4 is 10.1 Å². The van der Waals surface area contributed by atoms with Gasteiger partial charge in [-0.1, -0.05) is 12.1 Å². The first-order valence-corrected chi connectivity index (χ1v) is 10.3. The van der Waals surface area contributed by atoms with Crippen LogP contribution in [0.3, 0.4) is 0 Å². The average Bonchev–Trinajstić information content (AvgIpc) is 3.18. The number of aromatic nitrogens is 2. The summed E-state index contributed by atoms with van der Waals surface area (Å²) in [6, 6.07) is 11.9. The van der Waals surface area contributed by atoms with Gasteiger partial charge in [-0.2, -0.15) is 0 Å². The summed E-state index contributed by atoms with van der Waals surface area (Å²) in [5.74, 6) is 1.02. The van der Waals surface area contributed by atoms with Crippen LogP contribution in [0.5, 0.6) is 5.75 Å². The number of methoxy groups -OCH3 is 1. The van der Waals surface area contributed by atoms with Crippen LogP contribution in [-0.4, -0.2) is 29.5 Å². The van der Waals surface area contributed by atoms with E-state index in [1.54, 1.807) is 30.8 Å². The molecule has 144 valence electrons. The molecular weight excluding hydrogens is 370 g/mol. The summed E-state index contributed by atoms with van der Waals surface area (Å²) in [5.41, 5.74) is 3.40. The fraction of sp³-hybridized carbons (Fsp3) is 0.318. The minimum atomic E-state index is 0.0311. The zero-order chi connectivity index (χ0) is 19.3. The molecule has 6 heteroatoms. The molecule has 0 saturated carbocycles. The van der Waals surface area contributed by atoms with Crippen molar-refractivity contribution < 1.29 is 9.53 Å². The summed E-state index contributed by atoms with van der Waals surface area (Å²) in [6.45, 7) is 0.639. The highest BCUT2D eigenvalue weighted by Crippen LogP contribution is 2.34. The molecule has 1 aliphatic rings. The Kier molecular flexibility index (Phi) is 5.67. The normalized spacial score (nSPS) is 15.7. The lowest BCUT2D eigenvalue weighted by atomic mass is 9.90. The van der Waals surface area contributed by atoms with E-state index in [1.165, 1.54) is 4.88 Å². The Morgan fingerprint density at radius 2 is 2.14 bits per heavy atom. The second-order valence-corrected chi connectivity index (χ2v) is 8.04. The number of fused-ring (bicyclic) bond motifs is 1. The van der Waals surface area contributed by atoms with Crippen molar-refractivity contribution in [3.63, 3.8) is 0 Å². The first-order chi connectivity index (χ1) is 13.7. The summed E-state index contributed by atoms with van der Waals surface area (Å²) in [4.78, 5) is 22.7. The maximum atomic E-state index is 12.6. The van der Waals surface area contributed by atoms with E-state index in [1.807, 2.05) is 30.3 Å². The zero-order valence-electron chi connectivity index (χ0n) is 15.9. The van der Waals surface area contributed by atoms with Crippen LogP contribution in [0, 0.1) is 5.92 Å². The van der Waals surface area contributed by atoms with Crippen LogP contribution in [-0.2, 0) is 24.1 Å². The molecule has 28 heavy (non-hydrogen) atoms. The van der Waals surface area contributed by atoms with Gasteiger partial charge in [0.15, 0.2) is 0 Å². The van der Waals surface area contributed by atoms with Crippen molar-refractivity contribution >= 4 is 17.2 Å². The van der Waals surface area contributed by atoms with E-state index in [-0.39, 0.29) is 11.8 Å². The second-order valence-electron chi connectivity index (χ2n) is 6.96. The number of rotatable bonds is 6. The molecule has 1 aliphatic carbocycles. The fourth-order valence-electron chi connectivity index (χ4n) is 3.52. The monoisotopic (exact) mass is 393 g/mol. The number of carbonyl (C=O) groups excluding carboxylic acids is 1. The van der Waals surface area contributed by atoms with Crippen molar-refractivity contribution in [2.45, 2.75) is 25.7 Å². The van der Waals surface area contributed by atoms with Crippen LogP contribution >= 0.6 is 11.3 Å². The van der Waals surface area contributed by atoms with E-state index in [0.29, 0.717) is 6.54 Å². The third kappa shape index (κ3) is 4.22. The zero-order valence-corrected chi connectivity index (χ0v) is 16.7. The van der Waals surface area contributed by atoms with Crippen LogP contribution in [0.25, 0.3) is 10.6 Å². The summed E-state index contributed by atoms with van der Waals surface area (Å²) >= 11 is 1.70. The third-order valence-corrected chi connectivity index (χ3v) is 6.25. The number of thiazole rings is 1. The molecule has 1 N–H and O–H groups in total. The summed E-state index contributed by atoms with van der Waals surface area (Å²) < 4.78 is 5.25. The summed E-state index contributed by atoms with van der Waals surface area (Å²) in [5, 5.41) is 4.12. The molecule has 1 aromatic carbocycles. The molecule has 0 radical (unpaired) electrons. The van der Waals surface area contributed by atoms with Gasteiger partial charge in [0.25, 0.3) is 0 Å². The number of ether oxygens (including phenoxy) is 1. The SMILES string of the molecule is COc1cccc(CCNC(=O)C2CCc3nc(-c4ccncc4)sc3C2)c1. The van der Waals surface area contributed by atoms with Crippen molar-refractivity contribution in [3.8, 4) is 16.3 Å². The molecule has 0 aliphatic heterocycles. The Balaban J connectivity index is 1.33. The number of aryl methyl sites for hydroxylation is 1. The molecule has 0 saturated heterocycles. The lowest BCUT2D eigenvalue weighted by Crippen LogP contribution is -2.35. The van der Waals surface area contributed by atoms with Gasteiger partial charge in [0.05, 0.1) is 12.8 Å².